The highest BCUT2D eigenvalue weighted by molar-refractivity contribution is 5.30. The van der Waals surface area contributed by atoms with Crippen LogP contribution in [0, 0.1) is 13.8 Å². The number of rotatable bonds is 7. The highest BCUT2D eigenvalue weighted by atomic mass is 14.9. The summed E-state index contributed by atoms with van der Waals surface area (Å²) in [6, 6.07) is 7.49. The number of benzene rings is 1. The molecule has 0 bridgehead atoms. The summed E-state index contributed by atoms with van der Waals surface area (Å²) in [5.41, 5.74) is 4.31. The molecule has 96 valence electrons. The molecule has 0 aliphatic rings. The van der Waals surface area contributed by atoms with E-state index in [1.54, 1.807) is 0 Å². The Morgan fingerprint density at radius 3 is 2.47 bits per heavy atom. The van der Waals surface area contributed by atoms with E-state index in [4.69, 9.17) is 0 Å². The van der Waals surface area contributed by atoms with Crippen molar-refractivity contribution in [3.05, 3.63) is 34.9 Å². The molecular formula is C16H27N. The largest absolute Gasteiger partial charge is 0.314 e. The van der Waals surface area contributed by atoms with Crippen molar-refractivity contribution < 1.29 is 0 Å². The van der Waals surface area contributed by atoms with Gasteiger partial charge in [0, 0.05) is 6.04 Å². The quantitative estimate of drug-likeness (QED) is 0.750. The van der Waals surface area contributed by atoms with E-state index in [1.165, 1.54) is 42.4 Å². The Morgan fingerprint density at radius 1 is 1.12 bits per heavy atom. The van der Waals surface area contributed by atoms with Crippen LogP contribution in [0.5, 0.6) is 0 Å². The van der Waals surface area contributed by atoms with E-state index in [0.29, 0.717) is 6.04 Å². The van der Waals surface area contributed by atoms with E-state index in [9.17, 15) is 0 Å². The lowest BCUT2D eigenvalue weighted by Gasteiger charge is -2.17. The maximum absolute atomic E-state index is 3.58. The number of hydrogen-bond acceptors (Lipinski definition) is 1. The van der Waals surface area contributed by atoms with E-state index in [0.717, 1.165) is 6.54 Å². The van der Waals surface area contributed by atoms with Gasteiger partial charge in [-0.1, -0.05) is 44.0 Å². The number of aryl methyl sites for hydroxylation is 3. The van der Waals surface area contributed by atoms with Gasteiger partial charge in [-0.05, 0) is 50.8 Å². The average molecular weight is 233 g/mol. The van der Waals surface area contributed by atoms with E-state index in [1.807, 2.05) is 0 Å². The van der Waals surface area contributed by atoms with Crippen LogP contribution in [-0.2, 0) is 6.42 Å². The minimum atomic E-state index is 0.686. The lowest BCUT2D eigenvalue weighted by Crippen LogP contribution is -2.29. The zero-order chi connectivity index (χ0) is 12.7. The van der Waals surface area contributed by atoms with Crippen molar-refractivity contribution in [1.29, 1.82) is 0 Å². The summed E-state index contributed by atoms with van der Waals surface area (Å²) in [4.78, 5) is 0. The molecule has 1 rings (SSSR count). The Labute approximate surface area is 107 Å². The van der Waals surface area contributed by atoms with E-state index < -0.39 is 0 Å². The van der Waals surface area contributed by atoms with Crippen molar-refractivity contribution >= 4 is 0 Å². The van der Waals surface area contributed by atoms with Gasteiger partial charge in [0.25, 0.3) is 0 Å². The topological polar surface area (TPSA) is 12.0 Å². The zero-order valence-corrected chi connectivity index (χ0v) is 11.8. The van der Waals surface area contributed by atoms with Gasteiger partial charge in [-0.2, -0.15) is 0 Å². The monoisotopic (exact) mass is 233 g/mol. The fraction of sp³-hybridized carbons (Fsp3) is 0.625. The number of nitrogens with one attached hydrogen (secondary N) is 1. The lowest BCUT2D eigenvalue weighted by atomic mass is 9.97. The third kappa shape index (κ3) is 4.91. The third-order valence-corrected chi connectivity index (χ3v) is 3.39. The van der Waals surface area contributed by atoms with Crippen LogP contribution in [0.2, 0.25) is 0 Å². The highest BCUT2D eigenvalue weighted by Gasteiger charge is 2.07. The molecule has 0 aromatic heterocycles. The molecule has 0 spiro atoms. The second-order valence-corrected chi connectivity index (χ2v) is 5.01. The molecule has 0 fully saturated rings. The minimum absolute atomic E-state index is 0.686. The van der Waals surface area contributed by atoms with Crippen LogP contribution in [0.1, 0.15) is 49.8 Å². The number of hydrogen-bond donors (Lipinski definition) is 1. The summed E-state index contributed by atoms with van der Waals surface area (Å²) in [6.07, 6.45) is 5.01. The Kier molecular flexibility index (Phi) is 6.28. The maximum Gasteiger partial charge on any atom is 0.00700 e. The van der Waals surface area contributed by atoms with Gasteiger partial charge in [-0.3, -0.25) is 0 Å². The Bertz CT molecular complexity index is 324. The molecule has 0 amide bonds. The van der Waals surface area contributed by atoms with Crippen LogP contribution in [0.3, 0.4) is 0 Å². The first-order chi connectivity index (χ1) is 8.17. The summed E-state index contributed by atoms with van der Waals surface area (Å²) in [6.45, 7) is 9.93. The molecule has 0 radical (unpaired) electrons. The molecule has 1 aromatic rings. The first kappa shape index (κ1) is 14.2. The van der Waals surface area contributed by atoms with Crippen LogP contribution < -0.4 is 5.32 Å². The second kappa shape index (κ2) is 7.50. The Hall–Kier alpha value is -0.820. The first-order valence-corrected chi connectivity index (χ1v) is 6.96. The molecule has 0 heterocycles. The normalized spacial score (nSPS) is 12.7. The van der Waals surface area contributed by atoms with Gasteiger partial charge in [0.05, 0.1) is 0 Å². The van der Waals surface area contributed by atoms with Crippen LogP contribution in [0.4, 0.5) is 0 Å². The maximum atomic E-state index is 3.58. The van der Waals surface area contributed by atoms with Crippen molar-refractivity contribution in [3.63, 3.8) is 0 Å². The molecule has 1 nitrogen and oxygen atoms in total. The molecule has 1 atom stereocenters. The predicted molar refractivity (Wildman–Crippen MR) is 76.6 cm³/mol. The fourth-order valence-electron chi connectivity index (χ4n) is 2.44. The van der Waals surface area contributed by atoms with Crippen molar-refractivity contribution in [3.8, 4) is 0 Å². The van der Waals surface area contributed by atoms with Gasteiger partial charge in [0.1, 0.15) is 0 Å². The molecule has 0 aliphatic carbocycles. The Morgan fingerprint density at radius 2 is 1.88 bits per heavy atom. The van der Waals surface area contributed by atoms with Gasteiger partial charge in [-0.25, -0.2) is 0 Å². The van der Waals surface area contributed by atoms with Crippen LogP contribution in [-0.4, -0.2) is 12.6 Å². The third-order valence-electron chi connectivity index (χ3n) is 3.39. The molecule has 1 aromatic carbocycles. The van der Waals surface area contributed by atoms with Crippen LogP contribution in [0.15, 0.2) is 18.2 Å². The Balaban J connectivity index is 2.52. The molecule has 0 aliphatic heterocycles. The van der Waals surface area contributed by atoms with E-state index in [-0.39, 0.29) is 0 Å². The van der Waals surface area contributed by atoms with Gasteiger partial charge in [0.15, 0.2) is 0 Å². The summed E-state index contributed by atoms with van der Waals surface area (Å²) >= 11 is 0. The fourth-order valence-corrected chi connectivity index (χ4v) is 2.44. The molecule has 0 saturated heterocycles. The van der Waals surface area contributed by atoms with Crippen molar-refractivity contribution in [2.24, 2.45) is 0 Å². The SMILES string of the molecule is CCCC(CCc1ccc(C)cc1C)NCC. The summed E-state index contributed by atoms with van der Waals surface area (Å²) in [5, 5.41) is 3.58. The molecule has 1 N–H and O–H groups in total. The van der Waals surface area contributed by atoms with E-state index >= 15 is 0 Å². The van der Waals surface area contributed by atoms with Gasteiger partial charge in [0.2, 0.25) is 0 Å². The van der Waals surface area contributed by atoms with Gasteiger partial charge < -0.3 is 5.32 Å². The summed E-state index contributed by atoms with van der Waals surface area (Å²) in [7, 11) is 0. The molecule has 1 unspecified atom stereocenters. The summed E-state index contributed by atoms with van der Waals surface area (Å²) in [5.74, 6) is 0. The van der Waals surface area contributed by atoms with Crippen molar-refractivity contribution in [2.75, 3.05) is 6.54 Å². The average Bonchev–Trinajstić information content (AvgIpc) is 2.28. The van der Waals surface area contributed by atoms with Crippen LogP contribution >= 0.6 is 0 Å². The molecule has 1 heteroatoms. The van der Waals surface area contributed by atoms with Gasteiger partial charge >= 0.3 is 0 Å². The smallest absolute Gasteiger partial charge is 0.00700 e. The van der Waals surface area contributed by atoms with Crippen LogP contribution in [0.25, 0.3) is 0 Å². The zero-order valence-electron chi connectivity index (χ0n) is 11.8. The minimum Gasteiger partial charge on any atom is -0.314 e. The lowest BCUT2D eigenvalue weighted by molar-refractivity contribution is 0.459. The molecule has 17 heavy (non-hydrogen) atoms. The second-order valence-electron chi connectivity index (χ2n) is 5.01. The first-order valence-electron chi connectivity index (χ1n) is 6.96. The summed E-state index contributed by atoms with van der Waals surface area (Å²) < 4.78 is 0. The molecular weight excluding hydrogens is 206 g/mol. The standard InChI is InChI=1S/C16H27N/c1-5-7-16(17-6-2)11-10-15-9-8-13(3)12-14(15)4/h8-9,12,16-17H,5-7,10-11H2,1-4H3. The van der Waals surface area contributed by atoms with Gasteiger partial charge in [-0.15, -0.1) is 0 Å². The van der Waals surface area contributed by atoms with Crippen molar-refractivity contribution in [2.45, 2.75) is 59.4 Å². The van der Waals surface area contributed by atoms with E-state index in [2.05, 4.69) is 51.2 Å². The predicted octanol–water partition coefficient (Wildman–Crippen LogP) is 4.01. The highest BCUT2D eigenvalue weighted by Crippen LogP contribution is 2.14. The van der Waals surface area contributed by atoms with Crippen molar-refractivity contribution in [1.82, 2.24) is 5.32 Å². The molecule has 0 saturated carbocycles.